The zero-order chi connectivity index (χ0) is 20.7. The van der Waals surface area contributed by atoms with E-state index >= 15 is 0 Å². The SMILES string of the molecule is Cn1cccc1-c1nnc2ccc(C(=O)N3CCOc4ccc(CO)cc4C3)cn12. The standard InChI is InChI=1S/C22H21N5O3/c1-25-8-2-3-18(25)21-24-23-20-7-5-16(13-27(20)21)22(29)26-9-10-30-19-6-4-15(14-28)11-17(19)12-26/h2-8,11,13,28H,9-10,12,14H2,1H3. The van der Waals surface area contributed by atoms with Crippen LogP contribution < -0.4 is 4.74 Å². The van der Waals surface area contributed by atoms with Crippen molar-refractivity contribution in [3.63, 3.8) is 0 Å². The predicted octanol–water partition coefficient (Wildman–Crippen LogP) is 2.26. The molecule has 152 valence electrons. The first kappa shape index (κ1) is 18.4. The van der Waals surface area contributed by atoms with Gasteiger partial charge in [0.25, 0.3) is 5.91 Å². The maximum Gasteiger partial charge on any atom is 0.255 e. The van der Waals surface area contributed by atoms with Crippen LogP contribution in [-0.2, 0) is 20.2 Å². The van der Waals surface area contributed by atoms with E-state index in [-0.39, 0.29) is 12.5 Å². The molecule has 0 radical (unpaired) electrons. The third-order valence-electron chi connectivity index (χ3n) is 5.40. The fourth-order valence-corrected chi connectivity index (χ4v) is 3.79. The molecule has 1 amide bonds. The van der Waals surface area contributed by atoms with Crippen molar-refractivity contribution in [3.8, 4) is 17.3 Å². The van der Waals surface area contributed by atoms with Crippen LogP contribution in [0.25, 0.3) is 17.2 Å². The number of rotatable bonds is 3. The van der Waals surface area contributed by atoms with Gasteiger partial charge in [-0.1, -0.05) is 6.07 Å². The van der Waals surface area contributed by atoms with Gasteiger partial charge in [0.2, 0.25) is 0 Å². The lowest BCUT2D eigenvalue weighted by atomic mass is 10.1. The molecule has 1 N–H and O–H groups in total. The minimum absolute atomic E-state index is 0.0482. The van der Waals surface area contributed by atoms with Crippen molar-refractivity contribution in [3.05, 3.63) is 71.5 Å². The van der Waals surface area contributed by atoms with Gasteiger partial charge in [-0.3, -0.25) is 9.20 Å². The number of aliphatic hydroxyl groups is 1. The predicted molar refractivity (Wildman–Crippen MR) is 110 cm³/mol. The highest BCUT2D eigenvalue weighted by Crippen LogP contribution is 2.26. The second-order valence-corrected chi connectivity index (χ2v) is 7.35. The Morgan fingerprint density at radius 1 is 1.20 bits per heavy atom. The van der Waals surface area contributed by atoms with Crippen LogP contribution >= 0.6 is 0 Å². The van der Waals surface area contributed by atoms with Crippen molar-refractivity contribution in [2.75, 3.05) is 13.2 Å². The summed E-state index contributed by atoms with van der Waals surface area (Å²) in [6.07, 6.45) is 3.73. The van der Waals surface area contributed by atoms with Gasteiger partial charge in [0.1, 0.15) is 12.4 Å². The molecule has 1 aliphatic heterocycles. The Bertz CT molecular complexity index is 1240. The van der Waals surface area contributed by atoms with Crippen LogP contribution in [-0.4, -0.2) is 48.2 Å². The number of aromatic nitrogens is 4. The van der Waals surface area contributed by atoms with E-state index in [1.807, 2.05) is 52.5 Å². The second kappa shape index (κ2) is 7.31. The van der Waals surface area contributed by atoms with E-state index in [0.717, 1.165) is 22.6 Å². The fraction of sp³-hybridized carbons (Fsp3) is 0.227. The highest BCUT2D eigenvalue weighted by atomic mass is 16.5. The second-order valence-electron chi connectivity index (χ2n) is 7.35. The van der Waals surface area contributed by atoms with Crippen LogP contribution in [0.3, 0.4) is 0 Å². The Hall–Kier alpha value is -3.65. The minimum Gasteiger partial charge on any atom is -0.491 e. The molecule has 0 bridgehead atoms. The summed E-state index contributed by atoms with van der Waals surface area (Å²) < 4.78 is 9.61. The van der Waals surface area contributed by atoms with Gasteiger partial charge in [-0.25, -0.2) is 0 Å². The van der Waals surface area contributed by atoms with Gasteiger partial charge in [-0.05, 0) is 42.0 Å². The van der Waals surface area contributed by atoms with Crippen molar-refractivity contribution in [1.82, 2.24) is 24.1 Å². The summed E-state index contributed by atoms with van der Waals surface area (Å²) in [6, 6.07) is 13.1. The molecular formula is C22H21N5O3. The smallest absolute Gasteiger partial charge is 0.255 e. The molecule has 3 aromatic heterocycles. The Morgan fingerprint density at radius 2 is 2.10 bits per heavy atom. The summed E-state index contributed by atoms with van der Waals surface area (Å²) in [5.74, 6) is 1.35. The number of ether oxygens (including phenoxy) is 1. The summed E-state index contributed by atoms with van der Waals surface area (Å²) in [5, 5.41) is 18.0. The van der Waals surface area contributed by atoms with Crippen LogP contribution in [0.4, 0.5) is 0 Å². The number of carbonyl (C=O) groups is 1. The van der Waals surface area contributed by atoms with Crippen LogP contribution in [0.5, 0.6) is 5.75 Å². The first-order valence-corrected chi connectivity index (χ1v) is 9.75. The molecule has 8 heteroatoms. The van der Waals surface area contributed by atoms with E-state index in [1.54, 1.807) is 23.2 Å². The number of aliphatic hydroxyl groups excluding tert-OH is 1. The molecule has 0 spiro atoms. The first-order chi connectivity index (χ1) is 14.6. The molecular weight excluding hydrogens is 382 g/mol. The van der Waals surface area contributed by atoms with Gasteiger partial charge in [0.05, 0.1) is 24.4 Å². The number of pyridine rings is 1. The quantitative estimate of drug-likeness (QED) is 0.567. The summed E-state index contributed by atoms with van der Waals surface area (Å²) in [6.45, 7) is 1.27. The minimum atomic E-state index is -0.0886. The fourth-order valence-electron chi connectivity index (χ4n) is 3.79. The van der Waals surface area contributed by atoms with Gasteiger partial charge in [-0.2, -0.15) is 0 Å². The molecule has 8 nitrogen and oxygen atoms in total. The van der Waals surface area contributed by atoms with Crippen molar-refractivity contribution >= 4 is 11.6 Å². The average Bonchev–Trinajstić information content (AvgIpc) is 3.31. The molecule has 0 saturated heterocycles. The third-order valence-corrected chi connectivity index (χ3v) is 5.40. The summed E-state index contributed by atoms with van der Waals surface area (Å²) in [4.78, 5) is 15.1. The van der Waals surface area contributed by atoms with E-state index in [9.17, 15) is 9.90 Å². The molecule has 0 aliphatic carbocycles. The van der Waals surface area contributed by atoms with E-state index < -0.39 is 0 Å². The van der Waals surface area contributed by atoms with Crippen LogP contribution in [0.15, 0.2) is 54.9 Å². The lowest BCUT2D eigenvalue weighted by Gasteiger charge is -2.20. The Labute approximate surface area is 173 Å². The van der Waals surface area contributed by atoms with Gasteiger partial charge >= 0.3 is 0 Å². The molecule has 5 rings (SSSR count). The van der Waals surface area contributed by atoms with E-state index in [4.69, 9.17) is 4.74 Å². The van der Waals surface area contributed by atoms with Crippen molar-refractivity contribution < 1.29 is 14.6 Å². The van der Waals surface area contributed by atoms with Crippen LogP contribution in [0, 0.1) is 0 Å². The van der Waals surface area contributed by atoms with Gasteiger partial charge in [0.15, 0.2) is 11.5 Å². The van der Waals surface area contributed by atoms with Crippen molar-refractivity contribution in [2.45, 2.75) is 13.2 Å². The number of aryl methyl sites for hydroxylation is 1. The Kier molecular flexibility index (Phi) is 4.48. The van der Waals surface area contributed by atoms with E-state index in [2.05, 4.69) is 10.2 Å². The van der Waals surface area contributed by atoms with E-state index in [1.165, 1.54) is 0 Å². The van der Waals surface area contributed by atoms with Crippen LogP contribution in [0.1, 0.15) is 21.5 Å². The molecule has 0 saturated carbocycles. The largest absolute Gasteiger partial charge is 0.491 e. The molecule has 1 aliphatic rings. The number of nitrogens with zero attached hydrogens (tertiary/aromatic N) is 5. The van der Waals surface area contributed by atoms with Crippen LogP contribution in [0.2, 0.25) is 0 Å². The molecule has 0 unspecified atom stereocenters. The molecule has 4 aromatic rings. The van der Waals surface area contributed by atoms with Gasteiger partial charge in [-0.15, -0.1) is 10.2 Å². The van der Waals surface area contributed by atoms with Gasteiger partial charge < -0.3 is 19.3 Å². The zero-order valence-electron chi connectivity index (χ0n) is 16.5. The topological polar surface area (TPSA) is 84.9 Å². The molecule has 1 aromatic carbocycles. The number of carbonyl (C=O) groups excluding carboxylic acids is 1. The third kappa shape index (κ3) is 3.11. The maximum atomic E-state index is 13.3. The summed E-state index contributed by atoms with van der Waals surface area (Å²) in [7, 11) is 1.95. The van der Waals surface area contributed by atoms with E-state index in [0.29, 0.717) is 36.7 Å². The summed E-state index contributed by atoms with van der Waals surface area (Å²) >= 11 is 0. The monoisotopic (exact) mass is 403 g/mol. The van der Waals surface area contributed by atoms with Crippen molar-refractivity contribution in [2.24, 2.45) is 7.05 Å². The lowest BCUT2D eigenvalue weighted by Crippen LogP contribution is -2.32. The number of hydrogen-bond acceptors (Lipinski definition) is 5. The number of hydrogen-bond donors (Lipinski definition) is 1. The zero-order valence-corrected chi connectivity index (χ0v) is 16.5. The number of benzene rings is 1. The molecule has 0 fully saturated rings. The highest BCUT2D eigenvalue weighted by molar-refractivity contribution is 5.94. The lowest BCUT2D eigenvalue weighted by molar-refractivity contribution is 0.0732. The molecule has 4 heterocycles. The highest BCUT2D eigenvalue weighted by Gasteiger charge is 2.22. The number of fused-ring (bicyclic) bond motifs is 2. The summed E-state index contributed by atoms with van der Waals surface area (Å²) in [5.41, 5.74) is 3.84. The average molecular weight is 403 g/mol. The molecule has 30 heavy (non-hydrogen) atoms. The Morgan fingerprint density at radius 3 is 2.90 bits per heavy atom. The van der Waals surface area contributed by atoms with Crippen molar-refractivity contribution in [1.29, 1.82) is 0 Å². The Balaban J connectivity index is 1.49. The normalized spacial score (nSPS) is 13.7. The maximum absolute atomic E-state index is 13.3. The number of amides is 1. The van der Waals surface area contributed by atoms with Gasteiger partial charge in [0, 0.05) is 31.5 Å². The molecule has 0 atom stereocenters. The first-order valence-electron chi connectivity index (χ1n) is 9.75.